The van der Waals surface area contributed by atoms with Crippen LogP contribution in [0.1, 0.15) is 36.8 Å². The SMILES string of the molecule is CCNC(=NCc1ccc(C#N)cc1F)NC(C)c1cc2ccccc2o1. The summed E-state index contributed by atoms with van der Waals surface area (Å²) < 4.78 is 19.9. The molecule has 6 heteroatoms. The summed E-state index contributed by atoms with van der Waals surface area (Å²) in [5.74, 6) is 0.930. The maximum Gasteiger partial charge on any atom is 0.192 e. The van der Waals surface area contributed by atoms with Crippen molar-refractivity contribution < 1.29 is 8.81 Å². The fourth-order valence-corrected chi connectivity index (χ4v) is 2.72. The Morgan fingerprint density at radius 3 is 2.78 bits per heavy atom. The van der Waals surface area contributed by atoms with Crippen LogP contribution >= 0.6 is 0 Å². The minimum absolute atomic E-state index is 0.110. The van der Waals surface area contributed by atoms with Crippen LogP contribution in [0.15, 0.2) is 57.9 Å². The standard InChI is InChI=1S/C21H21FN4O/c1-3-24-21(25-13-17-9-8-15(12-23)10-18(17)22)26-14(2)20-11-16-6-4-5-7-19(16)27-20/h4-11,14H,3,13H2,1-2H3,(H2,24,25,26). The molecular formula is C21H21FN4O. The zero-order valence-corrected chi connectivity index (χ0v) is 15.3. The summed E-state index contributed by atoms with van der Waals surface area (Å²) in [5.41, 5.74) is 1.56. The number of guanidine groups is 1. The number of para-hydroxylation sites is 1. The molecule has 27 heavy (non-hydrogen) atoms. The van der Waals surface area contributed by atoms with Gasteiger partial charge in [-0.05, 0) is 38.1 Å². The minimum atomic E-state index is -0.431. The Kier molecular flexibility index (Phi) is 5.72. The molecule has 0 saturated heterocycles. The van der Waals surface area contributed by atoms with E-state index in [9.17, 15) is 4.39 Å². The summed E-state index contributed by atoms with van der Waals surface area (Å²) in [6.45, 7) is 4.78. The van der Waals surface area contributed by atoms with Gasteiger partial charge in [-0.15, -0.1) is 0 Å². The average Bonchev–Trinajstić information content (AvgIpc) is 3.11. The highest BCUT2D eigenvalue weighted by Gasteiger charge is 2.13. The summed E-state index contributed by atoms with van der Waals surface area (Å²) in [6.07, 6.45) is 0. The average molecular weight is 364 g/mol. The van der Waals surface area contributed by atoms with Gasteiger partial charge in [0.05, 0.1) is 24.2 Å². The van der Waals surface area contributed by atoms with Crippen LogP contribution in [0.25, 0.3) is 11.0 Å². The van der Waals surface area contributed by atoms with Gasteiger partial charge in [-0.1, -0.05) is 24.3 Å². The normalized spacial score (nSPS) is 12.6. The highest BCUT2D eigenvalue weighted by atomic mass is 19.1. The molecule has 3 aromatic rings. The Bertz CT molecular complexity index is 970. The van der Waals surface area contributed by atoms with Crippen LogP contribution < -0.4 is 10.6 Å². The number of hydrogen-bond donors (Lipinski definition) is 2. The first-order valence-corrected chi connectivity index (χ1v) is 8.82. The van der Waals surface area contributed by atoms with Crippen LogP contribution in [0.4, 0.5) is 4.39 Å². The zero-order chi connectivity index (χ0) is 19.2. The van der Waals surface area contributed by atoms with Crippen molar-refractivity contribution in [2.75, 3.05) is 6.54 Å². The van der Waals surface area contributed by atoms with E-state index in [2.05, 4.69) is 15.6 Å². The lowest BCUT2D eigenvalue weighted by atomic mass is 10.1. The monoisotopic (exact) mass is 364 g/mol. The van der Waals surface area contributed by atoms with Crippen molar-refractivity contribution in [3.05, 3.63) is 71.2 Å². The molecule has 0 radical (unpaired) electrons. The fourth-order valence-electron chi connectivity index (χ4n) is 2.72. The Labute approximate surface area is 157 Å². The molecule has 0 spiro atoms. The molecule has 138 valence electrons. The van der Waals surface area contributed by atoms with Gasteiger partial charge in [-0.25, -0.2) is 9.38 Å². The molecule has 0 aliphatic heterocycles. The Balaban J connectivity index is 1.74. The van der Waals surface area contributed by atoms with E-state index < -0.39 is 5.82 Å². The molecule has 2 N–H and O–H groups in total. The molecule has 0 bridgehead atoms. The molecule has 3 rings (SSSR count). The summed E-state index contributed by atoms with van der Waals surface area (Å²) in [4.78, 5) is 4.45. The van der Waals surface area contributed by atoms with Gasteiger partial charge in [0.2, 0.25) is 0 Å². The summed E-state index contributed by atoms with van der Waals surface area (Å²) in [6, 6.07) is 16.0. The molecule has 0 amide bonds. The van der Waals surface area contributed by atoms with Gasteiger partial charge < -0.3 is 15.1 Å². The molecule has 0 aliphatic rings. The predicted molar refractivity (Wildman–Crippen MR) is 104 cm³/mol. The van der Waals surface area contributed by atoms with Crippen LogP contribution in [0, 0.1) is 17.1 Å². The van der Waals surface area contributed by atoms with Gasteiger partial charge in [0, 0.05) is 17.5 Å². The Hall–Kier alpha value is -3.33. The highest BCUT2D eigenvalue weighted by Crippen LogP contribution is 2.23. The third kappa shape index (κ3) is 4.45. The number of nitriles is 1. The summed E-state index contributed by atoms with van der Waals surface area (Å²) in [5, 5.41) is 16.3. The van der Waals surface area contributed by atoms with Gasteiger partial charge in [0.25, 0.3) is 0 Å². The first-order chi connectivity index (χ1) is 13.1. The number of rotatable bonds is 5. The molecule has 1 heterocycles. The van der Waals surface area contributed by atoms with Gasteiger partial charge in [0.15, 0.2) is 5.96 Å². The van der Waals surface area contributed by atoms with Crippen molar-refractivity contribution in [2.45, 2.75) is 26.4 Å². The zero-order valence-electron chi connectivity index (χ0n) is 15.3. The molecule has 1 unspecified atom stereocenters. The van der Waals surface area contributed by atoms with E-state index in [1.165, 1.54) is 6.07 Å². The first-order valence-electron chi connectivity index (χ1n) is 8.82. The molecule has 1 aromatic heterocycles. The lowest BCUT2D eigenvalue weighted by Gasteiger charge is -2.16. The Morgan fingerprint density at radius 1 is 1.26 bits per heavy atom. The van der Waals surface area contributed by atoms with E-state index in [1.807, 2.05) is 50.2 Å². The predicted octanol–water partition coefficient (Wildman–Crippen LogP) is 4.26. The van der Waals surface area contributed by atoms with E-state index in [1.54, 1.807) is 12.1 Å². The maximum absolute atomic E-state index is 14.0. The number of furan rings is 1. The van der Waals surface area contributed by atoms with Crippen molar-refractivity contribution in [3.63, 3.8) is 0 Å². The number of hydrogen-bond acceptors (Lipinski definition) is 3. The molecule has 5 nitrogen and oxygen atoms in total. The molecule has 0 fully saturated rings. The van der Waals surface area contributed by atoms with Crippen molar-refractivity contribution >= 4 is 16.9 Å². The highest BCUT2D eigenvalue weighted by molar-refractivity contribution is 5.81. The number of fused-ring (bicyclic) bond motifs is 1. The molecule has 0 aliphatic carbocycles. The van der Waals surface area contributed by atoms with Crippen molar-refractivity contribution in [1.29, 1.82) is 5.26 Å². The Morgan fingerprint density at radius 2 is 2.07 bits per heavy atom. The topological polar surface area (TPSA) is 73.3 Å². The van der Waals surface area contributed by atoms with Gasteiger partial charge >= 0.3 is 0 Å². The third-order valence-electron chi connectivity index (χ3n) is 4.16. The number of nitrogens with one attached hydrogen (secondary N) is 2. The molecule has 0 saturated carbocycles. The van der Waals surface area contributed by atoms with Gasteiger partial charge in [-0.3, -0.25) is 0 Å². The lowest BCUT2D eigenvalue weighted by molar-refractivity contribution is 0.488. The van der Waals surface area contributed by atoms with E-state index in [-0.39, 0.29) is 12.6 Å². The number of halogens is 1. The van der Waals surface area contributed by atoms with Gasteiger partial charge in [-0.2, -0.15) is 5.26 Å². The summed E-state index contributed by atoms with van der Waals surface area (Å²) in [7, 11) is 0. The first kappa shape index (κ1) is 18.5. The quantitative estimate of drug-likeness (QED) is 0.524. The van der Waals surface area contributed by atoms with Crippen molar-refractivity contribution in [2.24, 2.45) is 4.99 Å². The smallest absolute Gasteiger partial charge is 0.192 e. The van der Waals surface area contributed by atoms with E-state index in [0.29, 0.717) is 23.6 Å². The van der Waals surface area contributed by atoms with Crippen molar-refractivity contribution in [3.8, 4) is 6.07 Å². The van der Waals surface area contributed by atoms with E-state index in [4.69, 9.17) is 9.68 Å². The van der Waals surface area contributed by atoms with Gasteiger partial charge in [0.1, 0.15) is 17.2 Å². The largest absolute Gasteiger partial charge is 0.459 e. The second-order valence-electron chi connectivity index (χ2n) is 6.17. The summed E-state index contributed by atoms with van der Waals surface area (Å²) >= 11 is 0. The second-order valence-corrected chi connectivity index (χ2v) is 6.17. The lowest BCUT2D eigenvalue weighted by Crippen LogP contribution is -2.38. The third-order valence-corrected chi connectivity index (χ3v) is 4.16. The maximum atomic E-state index is 14.0. The van der Waals surface area contributed by atoms with Crippen LogP contribution in [0.3, 0.4) is 0 Å². The fraction of sp³-hybridized carbons (Fsp3) is 0.238. The van der Waals surface area contributed by atoms with Crippen molar-refractivity contribution in [1.82, 2.24) is 10.6 Å². The van der Waals surface area contributed by atoms with E-state index in [0.717, 1.165) is 16.7 Å². The number of nitrogens with zero attached hydrogens (tertiary/aromatic N) is 2. The molecular weight excluding hydrogens is 343 g/mol. The molecule has 2 aromatic carbocycles. The van der Waals surface area contributed by atoms with Crippen LogP contribution in [-0.4, -0.2) is 12.5 Å². The number of aliphatic imine (C=N–C) groups is 1. The second kappa shape index (κ2) is 8.37. The number of benzene rings is 2. The van der Waals surface area contributed by atoms with E-state index >= 15 is 0 Å². The minimum Gasteiger partial charge on any atom is -0.459 e. The molecule has 1 atom stereocenters. The van der Waals surface area contributed by atoms with Crippen LogP contribution in [0.5, 0.6) is 0 Å². The van der Waals surface area contributed by atoms with Crippen LogP contribution in [-0.2, 0) is 6.54 Å². The van der Waals surface area contributed by atoms with Crippen LogP contribution in [0.2, 0.25) is 0 Å².